The summed E-state index contributed by atoms with van der Waals surface area (Å²) in [6.45, 7) is 8.37. The van der Waals surface area contributed by atoms with Gasteiger partial charge >= 0.3 is 6.03 Å². The molecule has 0 radical (unpaired) electrons. The van der Waals surface area contributed by atoms with E-state index in [1.165, 1.54) is 22.2 Å². The van der Waals surface area contributed by atoms with Crippen molar-refractivity contribution in [3.8, 4) is 0 Å². The lowest BCUT2D eigenvalue weighted by atomic mass is 10.00. The predicted molar refractivity (Wildman–Crippen MR) is 120 cm³/mol. The fraction of sp³-hybridized carbons (Fsp3) is 0.375. The zero-order valence-corrected chi connectivity index (χ0v) is 17.3. The number of nitrogens with one attached hydrogen (secondary N) is 2. The van der Waals surface area contributed by atoms with E-state index in [-0.39, 0.29) is 6.03 Å². The highest BCUT2D eigenvalue weighted by molar-refractivity contribution is 5.83. The minimum Gasteiger partial charge on any atom is -0.368 e. The molecule has 0 spiro atoms. The number of hydrogen-bond acceptors (Lipinski definition) is 2. The molecule has 1 aliphatic heterocycles. The molecule has 2 aromatic carbocycles. The lowest BCUT2D eigenvalue weighted by Crippen LogP contribution is -2.52. The summed E-state index contributed by atoms with van der Waals surface area (Å²) in [7, 11) is 0. The van der Waals surface area contributed by atoms with Gasteiger partial charge in [-0.1, -0.05) is 50.2 Å². The van der Waals surface area contributed by atoms with Crippen LogP contribution in [-0.2, 0) is 6.42 Å². The van der Waals surface area contributed by atoms with Gasteiger partial charge < -0.3 is 20.1 Å². The Morgan fingerprint density at radius 3 is 2.55 bits per heavy atom. The lowest BCUT2D eigenvalue weighted by Gasteiger charge is -2.37. The number of hydrogen-bond donors (Lipinski definition) is 2. The monoisotopic (exact) mass is 390 g/mol. The summed E-state index contributed by atoms with van der Waals surface area (Å²) in [5, 5.41) is 4.33. The normalized spacial score (nSPS) is 14.6. The van der Waals surface area contributed by atoms with E-state index in [4.69, 9.17) is 0 Å². The SMILES string of the molecule is CC(C)c1ccccc1N1CCN(C(=O)NCCc2c[nH]c3ccccc23)CC1. The smallest absolute Gasteiger partial charge is 0.317 e. The molecular weight excluding hydrogens is 360 g/mol. The van der Waals surface area contributed by atoms with Crippen LogP contribution in [0.15, 0.2) is 54.7 Å². The summed E-state index contributed by atoms with van der Waals surface area (Å²) >= 11 is 0. The van der Waals surface area contributed by atoms with Crippen molar-refractivity contribution in [1.82, 2.24) is 15.2 Å². The molecule has 1 aliphatic rings. The van der Waals surface area contributed by atoms with Crippen LogP contribution >= 0.6 is 0 Å². The number of anilines is 1. The largest absolute Gasteiger partial charge is 0.368 e. The van der Waals surface area contributed by atoms with Crippen molar-refractivity contribution in [1.29, 1.82) is 0 Å². The van der Waals surface area contributed by atoms with E-state index >= 15 is 0 Å². The summed E-state index contributed by atoms with van der Waals surface area (Å²) in [6.07, 6.45) is 2.87. The van der Waals surface area contributed by atoms with Crippen molar-refractivity contribution < 1.29 is 4.79 Å². The Bertz CT molecular complexity index is 970. The Hall–Kier alpha value is -2.95. The second-order valence-electron chi connectivity index (χ2n) is 8.03. The van der Waals surface area contributed by atoms with E-state index < -0.39 is 0 Å². The highest BCUT2D eigenvalue weighted by atomic mass is 16.2. The maximum Gasteiger partial charge on any atom is 0.317 e. The molecule has 1 saturated heterocycles. The number of aromatic nitrogens is 1. The molecule has 0 unspecified atom stereocenters. The van der Waals surface area contributed by atoms with E-state index in [1.54, 1.807) is 0 Å². The van der Waals surface area contributed by atoms with Crippen molar-refractivity contribution in [2.75, 3.05) is 37.6 Å². The van der Waals surface area contributed by atoms with Gasteiger partial charge in [0.2, 0.25) is 0 Å². The van der Waals surface area contributed by atoms with Gasteiger partial charge in [-0.05, 0) is 35.6 Å². The number of amides is 2. The highest BCUT2D eigenvalue weighted by Crippen LogP contribution is 2.28. The molecule has 29 heavy (non-hydrogen) atoms. The molecule has 1 fully saturated rings. The van der Waals surface area contributed by atoms with Crippen LogP contribution in [0.2, 0.25) is 0 Å². The zero-order chi connectivity index (χ0) is 20.2. The molecule has 0 saturated carbocycles. The minimum atomic E-state index is 0.0432. The van der Waals surface area contributed by atoms with Crippen molar-refractivity contribution in [3.05, 3.63) is 65.9 Å². The molecule has 1 aromatic heterocycles. The van der Waals surface area contributed by atoms with Gasteiger partial charge in [0.25, 0.3) is 0 Å². The fourth-order valence-corrected chi connectivity index (χ4v) is 4.17. The molecular formula is C24H30N4O. The Labute approximate surface area is 172 Å². The van der Waals surface area contributed by atoms with Gasteiger partial charge in [-0.2, -0.15) is 0 Å². The third kappa shape index (κ3) is 4.24. The Morgan fingerprint density at radius 1 is 1.03 bits per heavy atom. The average Bonchev–Trinajstić information content (AvgIpc) is 3.17. The number of fused-ring (bicyclic) bond motifs is 1. The van der Waals surface area contributed by atoms with Crippen LogP contribution in [0.4, 0.5) is 10.5 Å². The third-order valence-electron chi connectivity index (χ3n) is 5.81. The van der Waals surface area contributed by atoms with Crippen molar-refractivity contribution in [2.24, 2.45) is 0 Å². The highest BCUT2D eigenvalue weighted by Gasteiger charge is 2.22. The van der Waals surface area contributed by atoms with E-state index in [9.17, 15) is 4.79 Å². The first kappa shape index (κ1) is 19.4. The number of carbonyl (C=O) groups excluding carboxylic acids is 1. The molecule has 5 nitrogen and oxygen atoms in total. The van der Waals surface area contributed by atoms with Crippen LogP contribution in [0, 0.1) is 0 Å². The number of benzene rings is 2. The fourth-order valence-electron chi connectivity index (χ4n) is 4.17. The van der Waals surface area contributed by atoms with Crippen LogP contribution in [0.5, 0.6) is 0 Å². The van der Waals surface area contributed by atoms with Crippen molar-refractivity contribution >= 4 is 22.6 Å². The second kappa shape index (κ2) is 8.60. The maximum atomic E-state index is 12.6. The second-order valence-corrected chi connectivity index (χ2v) is 8.03. The van der Waals surface area contributed by atoms with Crippen LogP contribution < -0.4 is 10.2 Å². The molecule has 152 valence electrons. The van der Waals surface area contributed by atoms with Gasteiger partial charge in [0.1, 0.15) is 0 Å². The number of rotatable bonds is 5. The van der Waals surface area contributed by atoms with Gasteiger partial charge in [-0.25, -0.2) is 4.79 Å². The van der Waals surface area contributed by atoms with Crippen molar-refractivity contribution in [2.45, 2.75) is 26.2 Å². The number of carbonyl (C=O) groups is 1. The molecule has 2 heterocycles. The molecule has 2 N–H and O–H groups in total. The first-order valence-electron chi connectivity index (χ1n) is 10.5. The summed E-state index contributed by atoms with van der Waals surface area (Å²) in [4.78, 5) is 20.2. The summed E-state index contributed by atoms with van der Waals surface area (Å²) in [5.41, 5.74) is 5.08. The van der Waals surface area contributed by atoms with Crippen LogP contribution in [0.25, 0.3) is 10.9 Å². The van der Waals surface area contributed by atoms with Gasteiger partial charge in [-0.15, -0.1) is 0 Å². The summed E-state index contributed by atoms with van der Waals surface area (Å²) in [6, 6.07) is 16.9. The van der Waals surface area contributed by atoms with E-state index in [0.717, 1.165) is 38.1 Å². The number of piperazine rings is 1. The van der Waals surface area contributed by atoms with E-state index in [2.05, 4.69) is 71.5 Å². The van der Waals surface area contributed by atoms with E-state index in [0.29, 0.717) is 12.5 Å². The topological polar surface area (TPSA) is 51.4 Å². The van der Waals surface area contributed by atoms with Crippen molar-refractivity contribution in [3.63, 3.8) is 0 Å². The van der Waals surface area contributed by atoms with Gasteiger partial charge in [0.05, 0.1) is 0 Å². The average molecular weight is 391 g/mol. The number of para-hydroxylation sites is 2. The number of nitrogens with zero attached hydrogens (tertiary/aromatic N) is 2. The Balaban J connectivity index is 1.28. The molecule has 0 bridgehead atoms. The molecule has 5 heteroatoms. The Kier molecular flexibility index (Phi) is 5.74. The van der Waals surface area contributed by atoms with Crippen LogP contribution in [-0.4, -0.2) is 48.6 Å². The van der Waals surface area contributed by atoms with Gasteiger partial charge in [0, 0.05) is 55.5 Å². The Morgan fingerprint density at radius 2 is 1.76 bits per heavy atom. The summed E-state index contributed by atoms with van der Waals surface area (Å²) < 4.78 is 0. The number of urea groups is 1. The molecule has 0 atom stereocenters. The predicted octanol–water partition coefficient (Wildman–Crippen LogP) is 4.37. The maximum absolute atomic E-state index is 12.6. The number of aromatic amines is 1. The lowest BCUT2D eigenvalue weighted by molar-refractivity contribution is 0.194. The number of H-pyrrole nitrogens is 1. The minimum absolute atomic E-state index is 0.0432. The molecule has 0 aliphatic carbocycles. The third-order valence-corrected chi connectivity index (χ3v) is 5.81. The molecule has 3 aromatic rings. The van der Waals surface area contributed by atoms with Gasteiger partial charge in [-0.3, -0.25) is 0 Å². The van der Waals surface area contributed by atoms with Crippen LogP contribution in [0.1, 0.15) is 30.9 Å². The quantitative estimate of drug-likeness (QED) is 0.680. The molecule has 4 rings (SSSR count). The standard InChI is InChI=1S/C24H30N4O/c1-18(2)20-7-4-6-10-23(20)27-13-15-28(16-14-27)24(29)25-12-11-19-17-26-22-9-5-3-8-21(19)22/h3-10,17-18,26H,11-16H2,1-2H3,(H,25,29). The van der Waals surface area contributed by atoms with Gasteiger partial charge in [0.15, 0.2) is 0 Å². The van der Waals surface area contributed by atoms with E-state index in [1.807, 2.05) is 17.2 Å². The molecule has 2 amide bonds. The zero-order valence-electron chi connectivity index (χ0n) is 17.3. The summed E-state index contributed by atoms with van der Waals surface area (Å²) in [5.74, 6) is 0.497. The first-order chi connectivity index (χ1) is 14.1. The first-order valence-corrected chi connectivity index (χ1v) is 10.5. The van der Waals surface area contributed by atoms with Crippen LogP contribution in [0.3, 0.4) is 0 Å².